The number of sulfonamides is 1. The van der Waals surface area contributed by atoms with E-state index in [1.807, 2.05) is 0 Å². The predicted molar refractivity (Wildman–Crippen MR) is 72.4 cm³/mol. The van der Waals surface area contributed by atoms with E-state index in [2.05, 4.69) is 9.71 Å². The van der Waals surface area contributed by atoms with Gasteiger partial charge in [-0.25, -0.2) is 22.5 Å². The van der Waals surface area contributed by atoms with Crippen molar-refractivity contribution in [3.63, 3.8) is 0 Å². The smallest absolute Gasteiger partial charge is 0.209 e. The second-order valence-electron chi connectivity index (χ2n) is 4.63. The van der Waals surface area contributed by atoms with Gasteiger partial charge in [-0.15, -0.1) is 0 Å². The van der Waals surface area contributed by atoms with Crippen LogP contribution in [0.4, 0.5) is 10.2 Å². The maximum absolute atomic E-state index is 13.8. The van der Waals surface area contributed by atoms with Gasteiger partial charge in [-0.1, -0.05) is 11.6 Å². The maximum Gasteiger partial charge on any atom is 0.209 e. The third-order valence-corrected chi connectivity index (χ3v) is 3.86. The Balaban J connectivity index is 2.12. The molecule has 1 aliphatic heterocycles. The summed E-state index contributed by atoms with van der Waals surface area (Å²) < 4.78 is 38.8. The summed E-state index contributed by atoms with van der Waals surface area (Å²) in [5.74, 6) is -0.281. The van der Waals surface area contributed by atoms with Crippen molar-refractivity contribution in [1.82, 2.24) is 9.71 Å². The maximum atomic E-state index is 13.8. The van der Waals surface area contributed by atoms with Crippen LogP contribution in [0.1, 0.15) is 12.8 Å². The van der Waals surface area contributed by atoms with Gasteiger partial charge < -0.3 is 4.90 Å². The predicted octanol–water partition coefficient (Wildman–Crippen LogP) is 1.39. The molecule has 0 amide bonds. The first kappa shape index (κ1) is 14.5. The van der Waals surface area contributed by atoms with Gasteiger partial charge in [0.05, 0.1) is 11.3 Å². The van der Waals surface area contributed by atoms with E-state index in [1.165, 1.54) is 12.3 Å². The van der Waals surface area contributed by atoms with Gasteiger partial charge in [0.15, 0.2) is 11.6 Å². The molecule has 0 radical (unpaired) electrons. The number of halogens is 2. The van der Waals surface area contributed by atoms with Crippen molar-refractivity contribution in [2.24, 2.45) is 0 Å². The fourth-order valence-corrected chi connectivity index (χ4v) is 3.15. The van der Waals surface area contributed by atoms with Gasteiger partial charge in [-0.05, 0) is 18.9 Å². The molecule has 0 bridgehead atoms. The summed E-state index contributed by atoms with van der Waals surface area (Å²) >= 11 is 5.66. The minimum atomic E-state index is -3.26. The average molecular weight is 308 g/mol. The van der Waals surface area contributed by atoms with E-state index in [0.717, 1.165) is 19.1 Å². The number of aromatic nitrogens is 1. The Labute approximate surface area is 116 Å². The van der Waals surface area contributed by atoms with Crippen LogP contribution in [-0.2, 0) is 10.0 Å². The van der Waals surface area contributed by atoms with Crippen molar-refractivity contribution in [2.45, 2.75) is 18.9 Å². The van der Waals surface area contributed by atoms with E-state index in [0.29, 0.717) is 13.1 Å². The largest absolute Gasteiger partial charge is 0.353 e. The molecule has 1 fully saturated rings. The molecule has 1 N–H and O–H groups in total. The van der Waals surface area contributed by atoms with E-state index in [-0.39, 0.29) is 16.9 Å². The third kappa shape index (κ3) is 4.02. The van der Waals surface area contributed by atoms with Gasteiger partial charge in [0.2, 0.25) is 10.0 Å². The zero-order chi connectivity index (χ0) is 14.0. The number of hydrogen-bond donors (Lipinski definition) is 1. The first-order chi connectivity index (χ1) is 8.85. The Morgan fingerprint density at radius 2 is 2.32 bits per heavy atom. The summed E-state index contributed by atoms with van der Waals surface area (Å²) in [4.78, 5) is 5.71. The quantitative estimate of drug-likeness (QED) is 0.917. The molecule has 0 saturated carbocycles. The molecule has 0 aromatic carbocycles. The van der Waals surface area contributed by atoms with Gasteiger partial charge >= 0.3 is 0 Å². The fourth-order valence-electron chi connectivity index (χ4n) is 2.21. The highest BCUT2D eigenvalue weighted by atomic mass is 35.5. The Hall–Kier alpha value is -0.920. The fraction of sp³-hybridized carbons (Fsp3) is 0.545. The molecule has 8 heteroatoms. The van der Waals surface area contributed by atoms with Crippen LogP contribution < -0.4 is 9.62 Å². The van der Waals surface area contributed by atoms with Crippen LogP contribution in [0.3, 0.4) is 0 Å². The topological polar surface area (TPSA) is 62.3 Å². The lowest BCUT2D eigenvalue weighted by Crippen LogP contribution is -2.47. The first-order valence-electron chi connectivity index (χ1n) is 5.88. The molecule has 1 saturated heterocycles. The molecule has 1 aliphatic rings. The van der Waals surface area contributed by atoms with Crippen molar-refractivity contribution >= 4 is 27.4 Å². The average Bonchev–Trinajstić information content (AvgIpc) is 2.26. The summed E-state index contributed by atoms with van der Waals surface area (Å²) in [5, 5.41) is 0.240. The Morgan fingerprint density at radius 3 is 2.95 bits per heavy atom. The molecule has 19 heavy (non-hydrogen) atoms. The van der Waals surface area contributed by atoms with E-state index in [4.69, 9.17) is 11.6 Å². The molecule has 0 spiro atoms. The summed E-state index contributed by atoms with van der Waals surface area (Å²) in [6, 6.07) is 0.984. The van der Waals surface area contributed by atoms with Crippen LogP contribution >= 0.6 is 11.6 Å². The number of pyridine rings is 1. The number of nitrogens with zero attached hydrogens (tertiary/aromatic N) is 2. The summed E-state index contributed by atoms with van der Waals surface area (Å²) in [7, 11) is -3.26. The van der Waals surface area contributed by atoms with Crippen LogP contribution in [0.5, 0.6) is 0 Å². The van der Waals surface area contributed by atoms with Crippen LogP contribution in [0.2, 0.25) is 5.02 Å². The zero-order valence-electron chi connectivity index (χ0n) is 10.4. The second-order valence-corrected chi connectivity index (χ2v) is 6.85. The van der Waals surface area contributed by atoms with Gasteiger partial charge in [0.25, 0.3) is 0 Å². The first-order valence-corrected chi connectivity index (χ1v) is 8.15. The number of rotatable bonds is 3. The number of anilines is 1. The van der Waals surface area contributed by atoms with Gasteiger partial charge in [0.1, 0.15) is 0 Å². The lowest BCUT2D eigenvalue weighted by Gasteiger charge is -2.33. The lowest BCUT2D eigenvalue weighted by atomic mass is 10.1. The minimum absolute atomic E-state index is 0.212. The van der Waals surface area contributed by atoms with E-state index in [1.54, 1.807) is 4.90 Å². The monoisotopic (exact) mass is 307 g/mol. The summed E-state index contributed by atoms with van der Waals surface area (Å²) in [5.41, 5.74) is 0. The van der Waals surface area contributed by atoms with Crippen molar-refractivity contribution < 1.29 is 12.8 Å². The molecule has 1 unspecified atom stereocenters. The van der Waals surface area contributed by atoms with Gasteiger partial charge in [-0.3, -0.25) is 0 Å². The standard InChI is InChI=1S/C11H15ClFN3O2S/c1-19(17,18)15-9-3-2-4-16(7-9)11-10(13)5-8(12)6-14-11/h5-6,9,15H,2-4,7H2,1H3. The highest BCUT2D eigenvalue weighted by Gasteiger charge is 2.24. The van der Waals surface area contributed by atoms with Gasteiger partial charge in [0, 0.05) is 25.3 Å². The van der Waals surface area contributed by atoms with E-state index >= 15 is 0 Å². The van der Waals surface area contributed by atoms with Crippen molar-refractivity contribution in [1.29, 1.82) is 0 Å². The number of piperidine rings is 1. The van der Waals surface area contributed by atoms with Crippen molar-refractivity contribution in [2.75, 3.05) is 24.2 Å². The lowest BCUT2D eigenvalue weighted by molar-refractivity contribution is 0.460. The van der Waals surface area contributed by atoms with E-state index in [9.17, 15) is 12.8 Å². The molecule has 0 aliphatic carbocycles. The molecule has 1 atom stereocenters. The SMILES string of the molecule is CS(=O)(=O)NC1CCCN(c2ncc(Cl)cc2F)C1. The van der Waals surface area contributed by atoms with Crippen LogP contribution in [-0.4, -0.2) is 38.8 Å². The van der Waals surface area contributed by atoms with Gasteiger partial charge in [-0.2, -0.15) is 0 Å². The molecule has 1 aromatic rings. The Kier molecular flexibility index (Phi) is 4.27. The highest BCUT2D eigenvalue weighted by Crippen LogP contribution is 2.23. The van der Waals surface area contributed by atoms with Crippen LogP contribution in [0, 0.1) is 5.82 Å². The molecular weight excluding hydrogens is 293 g/mol. The summed E-state index contributed by atoms with van der Waals surface area (Å²) in [6.07, 6.45) is 4.01. The van der Waals surface area contributed by atoms with Crippen molar-refractivity contribution in [3.8, 4) is 0 Å². The normalized spacial score (nSPS) is 20.6. The van der Waals surface area contributed by atoms with Crippen molar-refractivity contribution in [3.05, 3.63) is 23.1 Å². The Morgan fingerprint density at radius 1 is 1.58 bits per heavy atom. The molecule has 5 nitrogen and oxygen atoms in total. The van der Waals surface area contributed by atoms with Crippen LogP contribution in [0.15, 0.2) is 12.3 Å². The second kappa shape index (κ2) is 5.60. The zero-order valence-corrected chi connectivity index (χ0v) is 12.0. The van der Waals surface area contributed by atoms with Crippen LogP contribution in [0.25, 0.3) is 0 Å². The number of hydrogen-bond acceptors (Lipinski definition) is 4. The minimum Gasteiger partial charge on any atom is -0.353 e. The molecule has 2 rings (SSSR count). The van der Waals surface area contributed by atoms with E-state index < -0.39 is 15.8 Å². The third-order valence-electron chi connectivity index (χ3n) is 2.89. The Bertz CT molecular complexity index is 567. The molecular formula is C11H15ClFN3O2S. The summed E-state index contributed by atoms with van der Waals surface area (Å²) in [6.45, 7) is 1.05. The molecule has 2 heterocycles. The molecule has 106 valence electrons. The highest BCUT2D eigenvalue weighted by molar-refractivity contribution is 7.88. The number of nitrogens with one attached hydrogen (secondary N) is 1. The molecule has 1 aromatic heterocycles.